The minimum atomic E-state index is -0.678. The molecule has 0 bridgehead atoms. The first-order valence-corrected chi connectivity index (χ1v) is 8.71. The van der Waals surface area contributed by atoms with Gasteiger partial charge in [-0.2, -0.15) is 0 Å². The minimum absolute atomic E-state index is 0.0864. The number of anilines is 1. The number of hydrogen-bond donors (Lipinski definition) is 2. The Morgan fingerprint density at radius 3 is 2.31 bits per heavy atom. The van der Waals surface area contributed by atoms with Crippen LogP contribution in [0.1, 0.15) is 29.8 Å². The van der Waals surface area contributed by atoms with E-state index in [0.29, 0.717) is 22.0 Å². The lowest BCUT2D eigenvalue weighted by molar-refractivity contribution is -0.118. The van der Waals surface area contributed by atoms with Gasteiger partial charge in [0.15, 0.2) is 0 Å². The molecule has 6 heteroatoms. The van der Waals surface area contributed by atoms with Gasteiger partial charge in [0.1, 0.15) is 11.8 Å². The van der Waals surface area contributed by atoms with Gasteiger partial charge in [-0.15, -0.1) is 0 Å². The number of benzene rings is 2. The van der Waals surface area contributed by atoms with Crippen LogP contribution in [0.2, 0.25) is 5.02 Å². The van der Waals surface area contributed by atoms with E-state index in [9.17, 15) is 9.59 Å². The second-order valence-electron chi connectivity index (χ2n) is 6.37. The Bertz CT molecular complexity index is 788. The predicted octanol–water partition coefficient (Wildman–Crippen LogP) is 4.05. The number of aryl methyl sites for hydroxylation is 1. The van der Waals surface area contributed by atoms with E-state index in [2.05, 4.69) is 10.6 Å². The number of amides is 2. The third-order valence-corrected chi connectivity index (χ3v) is 4.28. The first-order valence-electron chi connectivity index (χ1n) is 8.33. The molecule has 0 radical (unpaired) electrons. The second-order valence-corrected chi connectivity index (χ2v) is 6.81. The number of carbonyl (C=O) groups is 2. The minimum Gasteiger partial charge on any atom is -0.497 e. The number of ether oxygens (including phenoxy) is 1. The molecule has 0 heterocycles. The summed E-state index contributed by atoms with van der Waals surface area (Å²) in [7, 11) is 1.56. The van der Waals surface area contributed by atoms with E-state index in [4.69, 9.17) is 16.3 Å². The molecule has 0 spiro atoms. The molecular formula is C20H23ClN2O3. The second kappa shape index (κ2) is 8.72. The maximum absolute atomic E-state index is 12.7. The van der Waals surface area contributed by atoms with Crippen LogP contribution in [-0.4, -0.2) is 25.0 Å². The molecule has 5 nitrogen and oxygen atoms in total. The van der Waals surface area contributed by atoms with Crippen LogP contribution >= 0.6 is 11.6 Å². The fraction of sp³-hybridized carbons (Fsp3) is 0.300. The van der Waals surface area contributed by atoms with Gasteiger partial charge < -0.3 is 15.4 Å². The van der Waals surface area contributed by atoms with E-state index in [1.807, 2.05) is 26.8 Å². The van der Waals surface area contributed by atoms with Crippen LogP contribution < -0.4 is 15.4 Å². The third-order valence-electron chi connectivity index (χ3n) is 4.05. The highest BCUT2D eigenvalue weighted by Gasteiger charge is 2.25. The SMILES string of the molecule is COc1ccc(C(=O)NC(C(=O)Nc2cc(Cl)ccc2C)C(C)C)cc1. The van der Waals surface area contributed by atoms with Crippen LogP contribution in [0.3, 0.4) is 0 Å². The number of carbonyl (C=O) groups excluding carboxylic acids is 2. The topological polar surface area (TPSA) is 67.4 Å². The monoisotopic (exact) mass is 374 g/mol. The van der Waals surface area contributed by atoms with Crippen LogP contribution in [-0.2, 0) is 4.79 Å². The number of nitrogens with one attached hydrogen (secondary N) is 2. The first-order chi connectivity index (χ1) is 12.3. The molecule has 0 fully saturated rings. The van der Waals surface area contributed by atoms with Crippen molar-refractivity contribution in [3.05, 3.63) is 58.6 Å². The summed E-state index contributed by atoms with van der Waals surface area (Å²) in [5, 5.41) is 6.19. The summed E-state index contributed by atoms with van der Waals surface area (Å²) in [6.45, 7) is 5.64. The maximum Gasteiger partial charge on any atom is 0.251 e. The lowest BCUT2D eigenvalue weighted by Crippen LogP contribution is -2.47. The molecule has 138 valence electrons. The lowest BCUT2D eigenvalue weighted by atomic mass is 10.0. The quantitative estimate of drug-likeness (QED) is 0.801. The molecule has 2 aromatic carbocycles. The van der Waals surface area contributed by atoms with Crippen LogP contribution in [0.15, 0.2) is 42.5 Å². The van der Waals surface area contributed by atoms with Crippen molar-refractivity contribution in [2.75, 3.05) is 12.4 Å². The predicted molar refractivity (Wildman–Crippen MR) is 104 cm³/mol. The zero-order valence-electron chi connectivity index (χ0n) is 15.3. The molecule has 2 amide bonds. The summed E-state index contributed by atoms with van der Waals surface area (Å²) in [4.78, 5) is 25.2. The zero-order chi connectivity index (χ0) is 19.3. The van der Waals surface area contributed by atoms with Crippen LogP contribution in [0.25, 0.3) is 0 Å². The van der Waals surface area contributed by atoms with Crippen molar-refractivity contribution in [3.63, 3.8) is 0 Å². The molecule has 2 N–H and O–H groups in total. The van der Waals surface area contributed by atoms with Crippen molar-refractivity contribution in [1.29, 1.82) is 0 Å². The summed E-state index contributed by atoms with van der Waals surface area (Å²) in [6, 6.07) is 11.3. The normalized spacial score (nSPS) is 11.8. The van der Waals surface area contributed by atoms with E-state index in [1.165, 1.54) is 0 Å². The molecule has 26 heavy (non-hydrogen) atoms. The van der Waals surface area contributed by atoms with E-state index in [-0.39, 0.29) is 17.7 Å². The lowest BCUT2D eigenvalue weighted by Gasteiger charge is -2.22. The Morgan fingerprint density at radius 1 is 1.08 bits per heavy atom. The number of halogens is 1. The Balaban J connectivity index is 2.13. The Labute approximate surface area is 158 Å². The largest absolute Gasteiger partial charge is 0.497 e. The van der Waals surface area contributed by atoms with Crippen molar-refractivity contribution in [3.8, 4) is 5.75 Å². The van der Waals surface area contributed by atoms with Crippen molar-refractivity contribution >= 4 is 29.1 Å². The number of methoxy groups -OCH3 is 1. The van der Waals surface area contributed by atoms with E-state index in [0.717, 1.165) is 5.56 Å². The van der Waals surface area contributed by atoms with Crippen molar-refractivity contribution in [2.24, 2.45) is 5.92 Å². The van der Waals surface area contributed by atoms with E-state index in [1.54, 1.807) is 43.5 Å². The number of rotatable bonds is 6. The Hall–Kier alpha value is -2.53. The molecule has 2 rings (SSSR count). The third kappa shape index (κ3) is 4.99. The maximum atomic E-state index is 12.7. The van der Waals surface area contributed by atoms with Crippen molar-refractivity contribution in [2.45, 2.75) is 26.8 Å². The summed E-state index contributed by atoms with van der Waals surface area (Å²) < 4.78 is 5.09. The first kappa shape index (κ1) is 19.8. The van der Waals surface area contributed by atoms with Crippen molar-refractivity contribution in [1.82, 2.24) is 5.32 Å². The summed E-state index contributed by atoms with van der Waals surface area (Å²) in [6.07, 6.45) is 0. The van der Waals surface area contributed by atoms with Gasteiger partial charge >= 0.3 is 0 Å². The fourth-order valence-electron chi connectivity index (χ4n) is 2.44. The summed E-state index contributed by atoms with van der Waals surface area (Å²) in [5.41, 5.74) is 1.99. The van der Waals surface area contributed by atoms with Crippen molar-refractivity contribution < 1.29 is 14.3 Å². The van der Waals surface area contributed by atoms with E-state index >= 15 is 0 Å². The standard InChI is InChI=1S/C20H23ClN2O3/c1-12(2)18(20(25)22-17-11-15(21)8-5-13(17)3)23-19(24)14-6-9-16(26-4)10-7-14/h5-12,18H,1-4H3,(H,22,25)(H,23,24). The highest BCUT2D eigenvalue weighted by molar-refractivity contribution is 6.31. The van der Waals surface area contributed by atoms with Crippen LogP contribution in [0, 0.1) is 12.8 Å². The molecule has 0 aliphatic rings. The summed E-state index contributed by atoms with van der Waals surface area (Å²) >= 11 is 6.00. The summed E-state index contributed by atoms with van der Waals surface area (Å²) in [5.74, 6) is -0.0237. The molecule has 0 saturated heterocycles. The highest BCUT2D eigenvalue weighted by Crippen LogP contribution is 2.21. The van der Waals surface area contributed by atoms with Gasteiger partial charge in [-0.3, -0.25) is 9.59 Å². The average Bonchev–Trinajstić information content (AvgIpc) is 2.62. The van der Waals surface area contributed by atoms with Gasteiger partial charge in [0.25, 0.3) is 5.91 Å². The molecule has 0 aliphatic carbocycles. The molecule has 1 atom stereocenters. The van der Waals surface area contributed by atoms with E-state index < -0.39 is 6.04 Å². The Kier molecular flexibility index (Phi) is 6.64. The smallest absolute Gasteiger partial charge is 0.251 e. The average molecular weight is 375 g/mol. The van der Waals surface area contributed by atoms with Gasteiger partial charge in [-0.1, -0.05) is 31.5 Å². The molecule has 1 unspecified atom stereocenters. The van der Waals surface area contributed by atoms with Gasteiger partial charge in [-0.05, 0) is 54.8 Å². The fourth-order valence-corrected chi connectivity index (χ4v) is 2.61. The van der Waals surface area contributed by atoms with Crippen LogP contribution in [0.5, 0.6) is 5.75 Å². The number of hydrogen-bond acceptors (Lipinski definition) is 3. The molecule has 2 aromatic rings. The Morgan fingerprint density at radius 2 is 1.73 bits per heavy atom. The highest BCUT2D eigenvalue weighted by atomic mass is 35.5. The molecule has 0 aliphatic heterocycles. The molecular weight excluding hydrogens is 352 g/mol. The van der Waals surface area contributed by atoms with Gasteiger partial charge in [0, 0.05) is 16.3 Å². The zero-order valence-corrected chi connectivity index (χ0v) is 16.1. The van der Waals surface area contributed by atoms with Gasteiger partial charge in [0.05, 0.1) is 7.11 Å². The van der Waals surface area contributed by atoms with Gasteiger partial charge in [-0.25, -0.2) is 0 Å². The van der Waals surface area contributed by atoms with Crippen LogP contribution in [0.4, 0.5) is 5.69 Å². The molecule has 0 saturated carbocycles. The van der Waals surface area contributed by atoms with Gasteiger partial charge in [0.2, 0.25) is 5.91 Å². The molecule has 0 aromatic heterocycles.